The van der Waals surface area contributed by atoms with Crippen molar-refractivity contribution in [3.8, 4) is 0 Å². The Bertz CT molecular complexity index is 1320. The van der Waals surface area contributed by atoms with E-state index in [4.69, 9.17) is 5.14 Å². The van der Waals surface area contributed by atoms with Crippen LogP contribution in [0.25, 0.3) is 0 Å². The molecule has 0 fully saturated rings. The summed E-state index contributed by atoms with van der Waals surface area (Å²) in [5, 5.41) is 11.6. The molecule has 180 valence electrons. The number of primary sulfonamides is 1. The molecule has 0 spiro atoms. The Balaban J connectivity index is 1.47. The molecule has 0 saturated carbocycles. The molecule has 1 aliphatic carbocycles. The van der Waals surface area contributed by atoms with Crippen molar-refractivity contribution in [1.82, 2.24) is 20.1 Å². The van der Waals surface area contributed by atoms with Crippen LogP contribution in [-0.2, 0) is 42.1 Å². The first-order valence-electron chi connectivity index (χ1n) is 10.5. The third-order valence-corrected chi connectivity index (χ3v) is 6.55. The molecule has 4 rings (SSSR count). The predicted octanol–water partition coefficient (Wildman–Crippen LogP) is 2.80. The fourth-order valence-electron chi connectivity index (χ4n) is 3.97. The highest BCUT2D eigenvalue weighted by Crippen LogP contribution is 2.36. The number of hydrogen-bond donors (Lipinski definition) is 2. The fourth-order valence-corrected chi connectivity index (χ4v) is 4.49. The first-order chi connectivity index (χ1) is 16.0. The Morgan fingerprint density at radius 3 is 2.50 bits per heavy atom. The molecule has 1 amide bonds. The number of carbonyl (C=O) groups is 1. The highest BCUT2D eigenvalue weighted by molar-refractivity contribution is 7.89. The Kier molecular flexibility index (Phi) is 6.45. The van der Waals surface area contributed by atoms with E-state index in [-0.39, 0.29) is 23.5 Å². The van der Waals surface area contributed by atoms with E-state index in [2.05, 4.69) is 15.4 Å². The second-order valence-electron chi connectivity index (χ2n) is 8.04. The summed E-state index contributed by atoms with van der Waals surface area (Å²) in [5.41, 5.74) is 1.35. The minimum absolute atomic E-state index is 0.0224. The largest absolute Gasteiger partial charge is 0.435 e. The molecule has 1 aromatic carbocycles. The predicted molar refractivity (Wildman–Crippen MR) is 116 cm³/mol. The van der Waals surface area contributed by atoms with Crippen molar-refractivity contribution in [2.45, 2.75) is 49.8 Å². The van der Waals surface area contributed by atoms with Crippen molar-refractivity contribution in [2.75, 3.05) is 0 Å². The average molecular weight is 494 g/mol. The molecule has 0 radical (unpaired) electrons. The maximum Gasteiger partial charge on any atom is 0.435 e. The van der Waals surface area contributed by atoms with Gasteiger partial charge in [0.2, 0.25) is 10.0 Å². The number of fused-ring (bicyclic) bond motifs is 1. The number of pyridine rings is 1. The van der Waals surface area contributed by atoms with Crippen LogP contribution in [0.1, 0.15) is 51.4 Å². The maximum atomic E-state index is 13.4. The summed E-state index contributed by atoms with van der Waals surface area (Å²) in [4.78, 5) is 16.8. The molecule has 0 bridgehead atoms. The lowest BCUT2D eigenvalue weighted by Crippen LogP contribution is -2.23. The van der Waals surface area contributed by atoms with Gasteiger partial charge >= 0.3 is 6.18 Å². The van der Waals surface area contributed by atoms with Gasteiger partial charge in [-0.15, -0.1) is 0 Å². The molecule has 8 nitrogen and oxygen atoms in total. The van der Waals surface area contributed by atoms with Crippen LogP contribution >= 0.6 is 0 Å². The Morgan fingerprint density at radius 2 is 1.82 bits per heavy atom. The summed E-state index contributed by atoms with van der Waals surface area (Å²) in [5.74, 6) is -0.405. The van der Waals surface area contributed by atoms with Gasteiger partial charge in [-0.2, -0.15) is 18.3 Å². The van der Waals surface area contributed by atoms with Gasteiger partial charge in [0, 0.05) is 29.6 Å². The molecule has 2 heterocycles. The highest BCUT2D eigenvalue weighted by atomic mass is 32.2. The lowest BCUT2D eigenvalue weighted by atomic mass is 9.95. The first-order valence-corrected chi connectivity index (χ1v) is 12.1. The minimum atomic E-state index is -4.52. The van der Waals surface area contributed by atoms with E-state index in [1.807, 2.05) is 0 Å². The van der Waals surface area contributed by atoms with Crippen molar-refractivity contribution in [3.63, 3.8) is 0 Å². The molecule has 0 unspecified atom stereocenters. The van der Waals surface area contributed by atoms with Gasteiger partial charge in [0.05, 0.1) is 17.1 Å². The van der Waals surface area contributed by atoms with E-state index < -0.39 is 27.8 Å². The zero-order chi connectivity index (χ0) is 24.5. The number of carbonyl (C=O) groups excluding carboxylic acids is 1. The van der Waals surface area contributed by atoms with Gasteiger partial charge in [-0.25, -0.2) is 13.6 Å². The number of amides is 1. The number of nitrogens with two attached hydrogens (primary N) is 1. The lowest BCUT2D eigenvalue weighted by Gasteiger charge is -2.14. The number of sulfonamides is 1. The van der Waals surface area contributed by atoms with E-state index in [1.54, 1.807) is 0 Å². The van der Waals surface area contributed by atoms with Gasteiger partial charge in [-0.05, 0) is 55.5 Å². The van der Waals surface area contributed by atoms with Crippen LogP contribution in [0.2, 0.25) is 0 Å². The summed E-state index contributed by atoms with van der Waals surface area (Å²) < 4.78 is 64.3. The number of nitrogens with zero attached hydrogens (tertiary/aromatic N) is 3. The second kappa shape index (κ2) is 9.18. The zero-order valence-electron chi connectivity index (χ0n) is 18.0. The third-order valence-electron chi connectivity index (χ3n) is 5.62. The standard InChI is InChI=1S/C22H22F3N5O3S/c23-22(24,25)20-18-3-1-2-4-19(18)30(29-20)13-16-11-15(9-10-27-16)21(31)28-12-14-5-7-17(8-6-14)34(26,32)33/h5-11H,1-4,12-13H2,(H,28,31)(H2,26,32,33). The average Bonchev–Trinajstić information content (AvgIpc) is 3.16. The smallest absolute Gasteiger partial charge is 0.348 e. The number of hydrogen-bond acceptors (Lipinski definition) is 5. The molecule has 2 aromatic heterocycles. The fraction of sp³-hybridized carbons (Fsp3) is 0.318. The molecule has 0 atom stereocenters. The van der Waals surface area contributed by atoms with Crippen molar-refractivity contribution in [1.29, 1.82) is 0 Å². The molecule has 0 aliphatic heterocycles. The molecular weight excluding hydrogens is 471 g/mol. The molecule has 0 saturated heterocycles. The van der Waals surface area contributed by atoms with E-state index in [9.17, 15) is 26.4 Å². The Labute approximate surface area is 194 Å². The summed E-state index contributed by atoms with van der Waals surface area (Å²) in [6, 6.07) is 8.79. The maximum absolute atomic E-state index is 13.4. The number of halogens is 3. The Morgan fingerprint density at radius 1 is 1.12 bits per heavy atom. The molecule has 3 aromatic rings. The van der Waals surface area contributed by atoms with E-state index in [1.165, 1.54) is 47.3 Å². The zero-order valence-corrected chi connectivity index (χ0v) is 18.8. The van der Waals surface area contributed by atoms with Crippen LogP contribution < -0.4 is 10.5 Å². The number of alkyl halides is 3. The first kappa shape index (κ1) is 23.9. The number of rotatable bonds is 6. The quantitative estimate of drug-likeness (QED) is 0.547. The van der Waals surface area contributed by atoms with Crippen molar-refractivity contribution < 1.29 is 26.4 Å². The molecular formula is C22H22F3N5O3S. The van der Waals surface area contributed by atoms with E-state index in [0.29, 0.717) is 41.8 Å². The van der Waals surface area contributed by atoms with Crippen LogP contribution in [0.3, 0.4) is 0 Å². The molecule has 1 aliphatic rings. The van der Waals surface area contributed by atoms with Crippen molar-refractivity contribution >= 4 is 15.9 Å². The normalized spacial score (nSPS) is 14.0. The van der Waals surface area contributed by atoms with Crippen LogP contribution in [-0.4, -0.2) is 29.1 Å². The third kappa shape index (κ3) is 5.28. The number of benzene rings is 1. The monoisotopic (exact) mass is 493 g/mol. The van der Waals surface area contributed by atoms with Crippen LogP contribution in [0.4, 0.5) is 13.2 Å². The molecule has 12 heteroatoms. The van der Waals surface area contributed by atoms with Gasteiger partial charge in [0.25, 0.3) is 5.91 Å². The summed E-state index contributed by atoms with van der Waals surface area (Å²) in [6.07, 6.45) is -0.744. The van der Waals surface area contributed by atoms with Gasteiger partial charge < -0.3 is 5.32 Å². The molecule has 34 heavy (non-hydrogen) atoms. The summed E-state index contributed by atoms with van der Waals surface area (Å²) in [7, 11) is -3.80. The van der Waals surface area contributed by atoms with Crippen LogP contribution in [0, 0.1) is 0 Å². The van der Waals surface area contributed by atoms with Crippen LogP contribution in [0.5, 0.6) is 0 Å². The van der Waals surface area contributed by atoms with Crippen molar-refractivity contribution in [2.24, 2.45) is 5.14 Å². The minimum Gasteiger partial charge on any atom is -0.348 e. The van der Waals surface area contributed by atoms with Gasteiger partial charge in [-0.3, -0.25) is 14.5 Å². The van der Waals surface area contributed by atoms with Crippen LogP contribution in [0.15, 0.2) is 47.5 Å². The topological polar surface area (TPSA) is 120 Å². The molecule has 3 N–H and O–H groups in total. The second-order valence-corrected chi connectivity index (χ2v) is 9.61. The summed E-state index contributed by atoms with van der Waals surface area (Å²) in [6.45, 7) is 0.164. The Hall–Kier alpha value is -3.25. The van der Waals surface area contributed by atoms with E-state index >= 15 is 0 Å². The SMILES string of the molecule is NS(=O)(=O)c1ccc(CNC(=O)c2ccnc(Cn3nc(C(F)(F)F)c4c3CCCC4)c2)cc1. The number of nitrogens with one attached hydrogen (secondary N) is 1. The number of aromatic nitrogens is 3. The highest BCUT2D eigenvalue weighted by Gasteiger charge is 2.39. The lowest BCUT2D eigenvalue weighted by molar-refractivity contribution is -0.142. The van der Waals surface area contributed by atoms with Gasteiger partial charge in [0.15, 0.2) is 5.69 Å². The van der Waals surface area contributed by atoms with Crippen molar-refractivity contribution in [3.05, 3.63) is 76.4 Å². The summed E-state index contributed by atoms with van der Waals surface area (Å²) >= 11 is 0. The van der Waals surface area contributed by atoms with Gasteiger partial charge in [-0.1, -0.05) is 12.1 Å². The van der Waals surface area contributed by atoms with E-state index in [0.717, 1.165) is 6.42 Å². The van der Waals surface area contributed by atoms with Gasteiger partial charge in [0.1, 0.15) is 0 Å².